The van der Waals surface area contributed by atoms with E-state index in [1.54, 1.807) is 7.05 Å². The quantitative estimate of drug-likeness (QED) is 0.306. The third-order valence-electron chi connectivity index (χ3n) is 5.08. The molecular formula is C23H31IN4O3. The highest BCUT2D eigenvalue weighted by molar-refractivity contribution is 14.0. The van der Waals surface area contributed by atoms with Gasteiger partial charge in [-0.15, -0.1) is 24.0 Å². The molecule has 7 nitrogen and oxygen atoms in total. The van der Waals surface area contributed by atoms with Crippen LogP contribution in [-0.4, -0.2) is 50.2 Å². The van der Waals surface area contributed by atoms with Crippen LogP contribution in [0.5, 0.6) is 11.5 Å². The first kappa shape index (κ1) is 24.8. The van der Waals surface area contributed by atoms with E-state index in [4.69, 9.17) is 9.47 Å². The Balaban J connectivity index is 0.00000341. The van der Waals surface area contributed by atoms with Crippen molar-refractivity contribution in [2.75, 3.05) is 33.5 Å². The molecule has 0 aliphatic carbocycles. The molecule has 0 saturated carbocycles. The summed E-state index contributed by atoms with van der Waals surface area (Å²) in [6, 6.07) is 13.7. The van der Waals surface area contributed by atoms with E-state index in [2.05, 4.69) is 15.6 Å². The van der Waals surface area contributed by atoms with Crippen LogP contribution >= 0.6 is 24.0 Å². The maximum Gasteiger partial charge on any atom is 0.253 e. The van der Waals surface area contributed by atoms with E-state index in [0.717, 1.165) is 36.0 Å². The zero-order valence-corrected chi connectivity index (χ0v) is 20.6. The lowest BCUT2D eigenvalue weighted by Crippen LogP contribution is -2.37. The molecule has 0 saturated heterocycles. The number of benzene rings is 2. The second kappa shape index (κ2) is 12.4. The molecule has 2 aromatic rings. The number of aliphatic imine (C=N–C) groups is 1. The van der Waals surface area contributed by atoms with Gasteiger partial charge in [0.2, 0.25) is 6.79 Å². The van der Waals surface area contributed by atoms with Crippen molar-refractivity contribution in [1.29, 1.82) is 0 Å². The van der Waals surface area contributed by atoms with Gasteiger partial charge in [0.1, 0.15) is 0 Å². The van der Waals surface area contributed by atoms with Crippen LogP contribution in [0.15, 0.2) is 47.5 Å². The van der Waals surface area contributed by atoms with Crippen LogP contribution in [0.4, 0.5) is 0 Å². The van der Waals surface area contributed by atoms with E-state index in [1.807, 2.05) is 61.2 Å². The first-order chi connectivity index (χ1) is 14.6. The van der Waals surface area contributed by atoms with Crippen molar-refractivity contribution >= 4 is 35.8 Å². The maximum absolute atomic E-state index is 12.4. The van der Waals surface area contributed by atoms with Crippen LogP contribution in [0.2, 0.25) is 0 Å². The summed E-state index contributed by atoms with van der Waals surface area (Å²) in [4.78, 5) is 18.5. The van der Waals surface area contributed by atoms with Crippen molar-refractivity contribution in [3.8, 4) is 11.5 Å². The lowest BCUT2D eigenvalue weighted by Gasteiger charge is -2.18. The highest BCUT2D eigenvalue weighted by Crippen LogP contribution is 2.32. The molecule has 1 aliphatic heterocycles. The summed E-state index contributed by atoms with van der Waals surface area (Å²) in [5.74, 6) is 2.41. The van der Waals surface area contributed by atoms with Gasteiger partial charge in [0.05, 0.1) is 0 Å². The number of guanidine groups is 1. The molecule has 0 aromatic heterocycles. The Morgan fingerprint density at radius 1 is 1.00 bits per heavy atom. The van der Waals surface area contributed by atoms with E-state index in [9.17, 15) is 4.79 Å². The first-order valence-corrected chi connectivity index (χ1v) is 10.4. The summed E-state index contributed by atoms with van der Waals surface area (Å²) in [5.41, 5.74) is 2.98. The van der Waals surface area contributed by atoms with Crippen molar-refractivity contribution in [2.24, 2.45) is 4.99 Å². The molecule has 1 aliphatic rings. The largest absolute Gasteiger partial charge is 0.454 e. The Morgan fingerprint density at radius 3 is 2.35 bits per heavy atom. The molecule has 3 rings (SSSR count). The Labute approximate surface area is 201 Å². The summed E-state index contributed by atoms with van der Waals surface area (Å²) in [5, 5.41) is 6.63. The van der Waals surface area contributed by atoms with E-state index in [-0.39, 0.29) is 36.7 Å². The summed E-state index contributed by atoms with van der Waals surface area (Å²) in [6.45, 7) is 7.08. The summed E-state index contributed by atoms with van der Waals surface area (Å²) in [7, 11) is 1.75. The van der Waals surface area contributed by atoms with Gasteiger partial charge >= 0.3 is 0 Å². The van der Waals surface area contributed by atoms with Crippen molar-refractivity contribution in [1.82, 2.24) is 15.5 Å². The minimum absolute atomic E-state index is 0. The molecule has 0 spiro atoms. The van der Waals surface area contributed by atoms with E-state index in [0.29, 0.717) is 25.2 Å². The predicted molar refractivity (Wildman–Crippen MR) is 134 cm³/mol. The molecule has 0 fully saturated rings. The number of fused-ring (bicyclic) bond motifs is 1. The van der Waals surface area contributed by atoms with Gasteiger partial charge in [-0.25, -0.2) is 0 Å². The fourth-order valence-electron chi connectivity index (χ4n) is 3.29. The monoisotopic (exact) mass is 538 g/mol. The van der Waals surface area contributed by atoms with Gasteiger partial charge in [0.15, 0.2) is 17.5 Å². The van der Waals surface area contributed by atoms with Crippen LogP contribution in [-0.2, 0) is 13.0 Å². The van der Waals surface area contributed by atoms with Crippen molar-refractivity contribution in [2.45, 2.75) is 26.8 Å². The molecule has 0 bridgehead atoms. The van der Waals surface area contributed by atoms with Crippen molar-refractivity contribution in [3.05, 3.63) is 59.2 Å². The van der Waals surface area contributed by atoms with Crippen LogP contribution in [0.3, 0.4) is 0 Å². The number of nitrogens with zero attached hydrogens (tertiary/aromatic N) is 2. The smallest absolute Gasteiger partial charge is 0.253 e. The average molecular weight is 538 g/mol. The van der Waals surface area contributed by atoms with Crippen molar-refractivity contribution < 1.29 is 14.3 Å². The number of halogens is 1. The SMILES string of the molecule is CCN(CC)C(=O)c1ccc(CNC(=NC)NCCc2ccc3c(c2)OCO3)cc1.I. The third kappa shape index (κ3) is 6.75. The third-order valence-corrected chi connectivity index (χ3v) is 5.08. The Morgan fingerprint density at radius 2 is 1.68 bits per heavy atom. The van der Waals surface area contributed by atoms with Crippen LogP contribution in [0.1, 0.15) is 35.3 Å². The van der Waals surface area contributed by atoms with Gasteiger partial charge in [0.25, 0.3) is 5.91 Å². The number of carbonyl (C=O) groups is 1. The highest BCUT2D eigenvalue weighted by atomic mass is 127. The standard InChI is InChI=1S/C23H30N4O3.HI/c1-4-27(5-2)22(28)19-9-6-18(7-10-19)15-26-23(24-3)25-13-12-17-8-11-20-21(14-17)30-16-29-20;/h6-11,14H,4-5,12-13,15-16H2,1-3H3,(H2,24,25,26);1H. The molecule has 1 amide bonds. The summed E-state index contributed by atoms with van der Waals surface area (Å²) >= 11 is 0. The molecule has 1 heterocycles. The highest BCUT2D eigenvalue weighted by Gasteiger charge is 2.13. The molecule has 0 unspecified atom stereocenters. The van der Waals surface area contributed by atoms with Gasteiger partial charge in [-0.1, -0.05) is 18.2 Å². The number of rotatable bonds is 8. The van der Waals surface area contributed by atoms with E-state index < -0.39 is 0 Å². The fourth-order valence-corrected chi connectivity index (χ4v) is 3.29. The lowest BCUT2D eigenvalue weighted by atomic mass is 10.1. The first-order valence-electron chi connectivity index (χ1n) is 10.4. The Bertz CT molecular complexity index is 883. The number of carbonyl (C=O) groups excluding carboxylic acids is 1. The molecule has 2 N–H and O–H groups in total. The lowest BCUT2D eigenvalue weighted by molar-refractivity contribution is 0.0773. The van der Waals surface area contributed by atoms with Gasteiger partial charge in [-0.05, 0) is 55.7 Å². The number of ether oxygens (including phenoxy) is 2. The maximum atomic E-state index is 12.4. The molecule has 168 valence electrons. The topological polar surface area (TPSA) is 75.2 Å². The second-order valence-electron chi connectivity index (χ2n) is 6.96. The Hall–Kier alpha value is -2.49. The predicted octanol–water partition coefficient (Wildman–Crippen LogP) is 3.42. The fraction of sp³-hybridized carbons (Fsp3) is 0.391. The van der Waals surface area contributed by atoms with E-state index in [1.165, 1.54) is 5.56 Å². The molecular weight excluding hydrogens is 507 g/mol. The van der Waals surface area contributed by atoms with Gasteiger partial charge in [0, 0.05) is 38.8 Å². The molecule has 8 heteroatoms. The molecule has 0 atom stereocenters. The number of nitrogens with one attached hydrogen (secondary N) is 2. The average Bonchev–Trinajstić information content (AvgIpc) is 3.25. The van der Waals surface area contributed by atoms with Crippen LogP contribution < -0.4 is 20.1 Å². The van der Waals surface area contributed by atoms with E-state index >= 15 is 0 Å². The zero-order chi connectivity index (χ0) is 21.3. The van der Waals surface area contributed by atoms with Crippen LogP contribution in [0, 0.1) is 0 Å². The second-order valence-corrected chi connectivity index (χ2v) is 6.96. The summed E-state index contributed by atoms with van der Waals surface area (Å²) in [6.07, 6.45) is 0.847. The van der Waals surface area contributed by atoms with Crippen molar-refractivity contribution in [3.63, 3.8) is 0 Å². The minimum Gasteiger partial charge on any atom is -0.454 e. The van der Waals surface area contributed by atoms with Gasteiger partial charge in [-0.2, -0.15) is 0 Å². The number of hydrogen-bond donors (Lipinski definition) is 2. The molecule has 0 radical (unpaired) electrons. The molecule has 2 aromatic carbocycles. The summed E-state index contributed by atoms with van der Waals surface area (Å²) < 4.78 is 10.8. The van der Waals surface area contributed by atoms with Crippen LogP contribution in [0.25, 0.3) is 0 Å². The number of amides is 1. The zero-order valence-electron chi connectivity index (χ0n) is 18.3. The minimum atomic E-state index is 0. The normalized spacial score (nSPS) is 12.2. The molecule has 31 heavy (non-hydrogen) atoms. The number of hydrogen-bond acceptors (Lipinski definition) is 4. The van der Waals surface area contributed by atoms with Gasteiger partial charge < -0.3 is 25.0 Å². The Kier molecular flexibility index (Phi) is 9.90. The van der Waals surface area contributed by atoms with Gasteiger partial charge in [-0.3, -0.25) is 9.79 Å².